The predicted octanol–water partition coefficient (Wildman–Crippen LogP) is 2.15. The van der Waals surface area contributed by atoms with Crippen molar-refractivity contribution >= 4 is 0 Å². The van der Waals surface area contributed by atoms with Crippen molar-refractivity contribution in [3.63, 3.8) is 0 Å². The fourth-order valence-corrected chi connectivity index (χ4v) is 2.42. The van der Waals surface area contributed by atoms with E-state index in [0.717, 1.165) is 23.5 Å². The lowest BCUT2D eigenvalue weighted by atomic mass is 10.1. The van der Waals surface area contributed by atoms with E-state index >= 15 is 0 Å². The van der Waals surface area contributed by atoms with Crippen LogP contribution in [0.2, 0.25) is 0 Å². The maximum atomic E-state index is 9.02. The average molecular weight is 284 g/mol. The van der Waals surface area contributed by atoms with Crippen molar-refractivity contribution in [3.8, 4) is 11.8 Å². The summed E-state index contributed by atoms with van der Waals surface area (Å²) in [7, 11) is 3.51. The Morgan fingerprint density at radius 2 is 2.14 bits per heavy atom. The van der Waals surface area contributed by atoms with Gasteiger partial charge in [0.25, 0.3) is 0 Å². The van der Waals surface area contributed by atoms with Crippen LogP contribution in [0.25, 0.3) is 0 Å². The zero-order chi connectivity index (χ0) is 15.4. The molecule has 5 nitrogen and oxygen atoms in total. The van der Waals surface area contributed by atoms with Crippen LogP contribution in [0.5, 0.6) is 5.75 Å². The van der Waals surface area contributed by atoms with Crippen molar-refractivity contribution in [1.82, 2.24) is 15.1 Å². The molecule has 0 aliphatic rings. The van der Waals surface area contributed by atoms with Gasteiger partial charge in [-0.05, 0) is 38.6 Å². The number of hydrogen-bond donors (Lipinski definition) is 1. The first-order valence-corrected chi connectivity index (χ1v) is 6.85. The van der Waals surface area contributed by atoms with Crippen LogP contribution >= 0.6 is 0 Å². The number of benzene rings is 1. The van der Waals surface area contributed by atoms with E-state index < -0.39 is 0 Å². The highest BCUT2D eigenvalue weighted by molar-refractivity contribution is 5.45. The normalized spacial score (nSPS) is 10.4. The van der Waals surface area contributed by atoms with E-state index in [4.69, 9.17) is 10.00 Å². The van der Waals surface area contributed by atoms with Gasteiger partial charge in [-0.3, -0.25) is 4.68 Å². The van der Waals surface area contributed by atoms with Crippen molar-refractivity contribution in [2.75, 3.05) is 14.2 Å². The summed E-state index contributed by atoms with van der Waals surface area (Å²) < 4.78 is 7.24. The zero-order valence-corrected chi connectivity index (χ0v) is 12.9. The number of methoxy groups -OCH3 is 1. The number of aromatic nitrogens is 2. The molecule has 0 bridgehead atoms. The summed E-state index contributed by atoms with van der Waals surface area (Å²) in [5, 5.41) is 16.8. The van der Waals surface area contributed by atoms with Gasteiger partial charge in [-0.2, -0.15) is 10.4 Å². The van der Waals surface area contributed by atoms with Gasteiger partial charge < -0.3 is 10.1 Å². The minimum atomic E-state index is 0.547. The summed E-state index contributed by atoms with van der Waals surface area (Å²) in [6, 6.07) is 7.74. The Morgan fingerprint density at radius 3 is 2.76 bits per heavy atom. The van der Waals surface area contributed by atoms with Crippen LogP contribution in [0.4, 0.5) is 0 Å². The smallest absolute Gasteiger partial charge is 0.136 e. The predicted molar refractivity (Wildman–Crippen MR) is 81.3 cm³/mol. The second kappa shape index (κ2) is 6.42. The Kier molecular flexibility index (Phi) is 4.61. The van der Waals surface area contributed by atoms with Crippen LogP contribution < -0.4 is 10.1 Å². The van der Waals surface area contributed by atoms with Crippen LogP contribution in [0.1, 0.15) is 28.1 Å². The first-order chi connectivity index (χ1) is 10.1. The van der Waals surface area contributed by atoms with Crippen molar-refractivity contribution in [2.45, 2.75) is 26.9 Å². The number of nitrogens with one attached hydrogen (secondary N) is 1. The fraction of sp³-hybridized carbons (Fsp3) is 0.375. The molecule has 0 amide bonds. The molecule has 1 heterocycles. The van der Waals surface area contributed by atoms with Gasteiger partial charge in [-0.1, -0.05) is 6.07 Å². The molecule has 21 heavy (non-hydrogen) atoms. The lowest BCUT2D eigenvalue weighted by Gasteiger charge is -2.08. The molecule has 0 radical (unpaired) electrons. The topological polar surface area (TPSA) is 62.9 Å². The van der Waals surface area contributed by atoms with E-state index in [-0.39, 0.29) is 0 Å². The monoisotopic (exact) mass is 284 g/mol. The molecule has 110 valence electrons. The Bertz CT molecular complexity index is 682. The van der Waals surface area contributed by atoms with Gasteiger partial charge in [0, 0.05) is 17.8 Å². The van der Waals surface area contributed by atoms with Crippen molar-refractivity contribution in [3.05, 3.63) is 46.3 Å². The number of rotatable bonds is 5. The van der Waals surface area contributed by atoms with Gasteiger partial charge in [0.2, 0.25) is 0 Å². The highest BCUT2D eigenvalue weighted by Crippen LogP contribution is 2.21. The van der Waals surface area contributed by atoms with Gasteiger partial charge in [0.1, 0.15) is 11.8 Å². The fourth-order valence-electron chi connectivity index (χ4n) is 2.42. The summed E-state index contributed by atoms with van der Waals surface area (Å²) >= 11 is 0. The van der Waals surface area contributed by atoms with E-state index in [1.807, 2.05) is 30.8 Å². The molecule has 1 aromatic carbocycles. The Balaban J connectivity index is 2.31. The third-order valence-corrected chi connectivity index (χ3v) is 3.60. The molecule has 2 rings (SSSR count). The molecule has 1 aromatic heterocycles. The molecule has 0 atom stereocenters. The molecule has 2 aromatic rings. The van der Waals surface area contributed by atoms with Gasteiger partial charge in [-0.15, -0.1) is 0 Å². The van der Waals surface area contributed by atoms with Crippen LogP contribution in [0.3, 0.4) is 0 Å². The summed E-state index contributed by atoms with van der Waals surface area (Å²) in [5.41, 5.74) is 5.05. The van der Waals surface area contributed by atoms with E-state index in [2.05, 4.69) is 23.4 Å². The summed E-state index contributed by atoms with van der Waals surface area (Å²) in [6.45, 7) is 5.58. The number of nitrogens with zero attached hydrogens (tertiary/aromatic N) is 3. The Hall–Kier alpha value is -2.32. The molecule has 0 spiro atoms. The highest BCUT2D eigenvalue weighted by Gasteiger charge is 2.12. The summed E-state index contributed by atoms with van der Waals surface area (Å²) in [6.07, 6.45) is 0. The second-order valence-electron chi connectivity index (χ2n) is 4.98. The minimum Gasteiger partial charge on any atom is -0.495 e. The van der Waals surface area contributed by atoms with Gasteiger partial charge in [-0.25, -0.2) is 0 Å². The first-order valence-electron chi connectivity index (χ1n) is 6.85. The molecular weight excluding hydrogens is 264 g/mol. The lowest BCUT2D eigenvalue weighted by Crippen LogP contribution is -2.08. The standard InChI is InChI=1S/C16H20N4O/c1-11-15(9-18-3)12(2)20(19-11)10-13-5-6-14(8-17)16(7-13)21-4/h5-7,18H,9-10H2,1-4H3. The molecular formula is C16H20N4O. The number of nitriles is 1. The van der Waals surface area contributed by atoms with E-state index in [1.165, 1.54) is 5.56 Å². The van der Waals surface area contributed by atoms with Crippen molar-refractivity contribution in [2.24, 2.45) is 0 Å². The molecule has 0 fully saturated rings. The largest absolute Gasteiger partial charge is 0.495 e. The van der Waals surface area contributed by atoms with Gasteiger partial charge in [0.05, 0.1) is 24.9 Å². The van der Waals surface area contributed by atoms with Crippen LogP contribution in [0.15, 0.2) is 18.2 Å². The first kappa shape index (κ1) is 15.1. The molecule has 5 heteroatoms. The third kappa shape index (κ3) is 3.06. The van der Waals surface area contributed by atoms with Crippen molar-refractivity contribution in [1.29, 1.82) is 5.26 Å². The molecule has 1 N–H and O–H groups in total. The lowest BCUT2D eigenvalue weighted by molar-refractivity contribution is 0.412. The quantitative estimate of drug-likeness (QED) is 0.913. The Labute approximate surface area is 125 Å². The van der Waals surface area contributed by atoms with E-state index in [9.17, 15) is 0 Å². The molecule has 0 unspecified atom stereocenters. The number of hydrogen-bond acceptors (Lipinski definition) is 4. The Morgan fingerprint density at radius 1 is 1.38 bits per heavy atom. The summed E-state index contributed by atoms with van der Waals surface area (Å²) in [4.78, 5) is 0. The van der Waals surface area contributed by atoms with Gasteiger partial charge in [0.15, 0.2) is 0 Å². The van der Waals surface area contributed by atoms with Crippen LogP contribution in [-0.4, -0.2) is 23.9 Å². The number of ether oxygens (including phenoxy) is 1. The van der Waals surface area contributed by atoms with Gasteiger partial charge >= 0.3 is 0 Å². The SMILES string of the molecule is CNCc1c(C)nn(Cc2ccc(C#N)c(OC)c2)c1C. The average Bonchev–Trinajstić information content (AvgIpc) is 2.75. The summed E-state index contributed by atoms with van der Waals surface area (Å²) in [5.74, 6) is 0.604. The van der Waals surface area contributed by atoms with Crippen LogP contribution in [0, 0.1) is 25.2 Å². The number of aryl methyl sites for hydroxylation is 1. The molecule has 0 saturated heterocycles. The van der Waals surface area contributed by atoms with Crippen molar-refractivity contribution < 1.29 is 4.74 Å². The van der Waals surface area contributed by atoms with E-state index in [0.29, 0.717) is 17.9 Å². The molecule has 0 aliphatic carbocycles. The third-order valence-electron chi connectivity index (χ3n) is 3.60. The molecule has 0 aliphatic heterocycles. The van der Waals surface area contributed by atoms with Crippen LogP contribution in [-0.2, 0) is 13.1 Å². The van der Waals surface area contributed by atoms with E-state index in [1.54, 1.807) is 13.2 Å². The minimum absolute atomic E-state index is 0.547. The maximum Gasteiger partial charge on any atom is 0.136 e. The highest BCUT2D eigenvalue weighted by atomic mass is 16.5. The second-order valence-corrected chi connectivity index (χ2v) is 4.98. The zero-order valence-electron chi connectivity index (χ0n) is 12.9. The maximum absolute atomic E-state index is 9.02. The molecule has 0 saturated carbocycles.